The Hall–Kier alpha value is -2.64. The van der Waals surface area contributed by atoms with E-state index in [9.17, 15) is 9.90 Å². The van der Waals surface area contributed by atoms with Gasteiger partial charge in [0, 0.05) is 50.6 Å². The van der Waals surface area contributed by atoms with Crippen molar-refractivity contribution in [3.05, 3.63) is 41.6 Å². The van der Waals surface area contributed by atoms with Crippen molar-refractivity contribution in [3.63, 3.8) is 0 Å². The van der Waals surface area contributed by atoms with E-state index in [1.165, 1.54) is 0 Å². The van der Waals surface area contributed by atoms with Gasteiger partial charge in [-0.3, -0.25) is 0 Å². The molecular weight excluding hydrogens is 404 g/mol. The lowest BCUT2D eigenvalue weighted by molar-refractivity contribution is 0.122. The summed E-state index contributed by atoms with van der Waals surface area (Å²) in [5, 5.41) is 12.6. The third-order valence-electron chi connectivity index (χ3n) is 6.52. The first-order chi connectivity index (χ1) is 15.6. The molecule has 7 heteroatoms. The number of aliphatic hydroxyl groups is 1. The topological polar surface area (TPSA) is 77.9 Å². The quantitative estimate of drug-likeness (QED) is 0.719. The Kier molecular flexibility index (Phi) is 7.27. The number of rotatable bonds is 6. The molecule has 0 radical (unpaired) electrons. The van der Waals surface area contributed by atoms with Crippen LogP contribution in [0.25, 0.3) is 11.1 Å². The number of hydrogen-bond acceptors (Lipinski definition) is 5. The van der Waals surface area contributed by atoms with Crippen LogP contribution < -0.4 is 10.2 Å². The molecule has 2 aromatic rings. The van der Waals surface area contributed by atoms with Crippen molar-refractivity contribution in [2.75, 3.05) is 56.2 Å². The van der Waals surface area contributed by atoms with Gasteiger partial charge >= 0.3 is 6.03 Å². The molecule has 3 heterocycles. The lowest BCUT2D eigenvalue weighted by Crippen LogP contribution is -2.36. The number of pyridine rings is 1. The second-order valence-electron chi connectivity index (χ2n) is 8.75. The zero-order valence-electron chi connectivity index (χ0n) is 19.1. The fraction of sp³-hybridized carbons (Fsp3) is 0.520. The Morgan fingerprint density at radius 3 is 2.75 bits per heavy atom. The maximum absolute atomic E-state index is 12.8. The number of nitrogens with one attached hydrogen (secondary N) is 1. The summed E-state index contributed by atoms with van der Waals surface area (Å²) in [5.41, 5.74) is 4.90. The summed E-state index contributed by atoms with van der Waals surface area (Å²) in [6.45, 7) is 8.96. The van der Waals surface area contributed by atoms with Gasteiger partial charge in [-0.05, 0) is 60.2 Å². The number of carbonyl (C=O) groups is 1. The average Bonchev–Trinajstić information content (AvgIpc) is 3.30. The molecule has 1 atom stereocenters. The van der Waals surface area contributed by atoms with Crippen LogP contribution in [0, 0.1) is 12.8 Å². The molecule has 1 aromatic carbocycles. The number of ether oxygens (including phenoxy) is 1. The van der Waals surface area contributed by atoms with E-state index in [-0.39, 0.29) is 12.6 Å². The van der Waals surface area contributed by atoms with E-state index >= 15 is 0 Å². The summed E-state index contributed by atoms with van der Waals surface area (Å²) >= 11 is 0. The number of benzene rings is 1. The van der Waals surface area contributed by atoms with Gasteiger partial charge in [-0.15, -0.1) is 0 Å². The van der Waals surface area contributed by atoms with E-state index in [0.717, 1.165) is 72.9 Å². The SMILES string of the molecule is CC[C@@H]1CCN(C(=O)Nc2ccc(C)c(-c3cc(CCO)nc(N4CCOCC4)c3)c2)C1. The van der Waals surface area contributed by atoms with E-state index in [1.54, 1.807) is 0 Å². The highest BCUT2D eigenvalue weighted by Gasteiger charge is 2.25. The van der Waals surface area contributed by atoms with E-state index in [4.69, 9.17) is 9.72 Å². The van der Waals surface area contributed by atoms with Gasteiger partial charge in [-0.25, -0.2) is 9.78 Å². The normalized spacial score (nSPS) is 18.8. The number of anilines is 2. The molecule has 32 heavy (non-hydrogen) atoms. The fourth-order valence-electron chi connectivity index (χ4n) is 4.49. The van der Waals surface area contributed by atoms with E-state index in [1.807, 2.05) is 29.2 Å². The molecule has 1 aromatic heterocycles. The third kappa shape index (κ3) is 5.22. The molecule has 2 fully saturated rings. The van der Waals surface area contributed by atoms with Crippen molar-refractivity contribution >= 4 is 17.5 Å². The minimum absolute atomic E-state index is 0.0274. The molecule has 0 aliphatic carbocycles. The Balaban J connectivity index is 1.59. The third-order valence-corrected chi connectivity index (χ3v) is 6.52. The lowest BCUT2D eigenvalue weighted by atomic mass is 9.99. The molecule has 4 rings (SSSR count). The first-order valence-corrected chi connectivity index (χ1v) is 11.7. The molecule has 0 bridgehead atoms. The van der Waals surface area contributed by atoms with Crippen LogP contribution in [0.3, 0.4) is 0 Å². The Morgan fingerprint density at radius 1 is 1.22 bits per heavy atom. The number of carbonyl (C=O) groups excluding carboxylic acids is 1. The van der Waals surface area contributed by atoms with Crippen molar-refractivity contribution in [1.82, 2.24) is 9.88 Å². The van der Waals surface area contributed by atoms with Crippen LogP contribution in [0.1, 0.15) is 31.0 Å². The van der Waals surface area contributed by atoms with E-state index < -0.39 is 0 Å². The molecule has 7 nitrogen and oxygen atoms in total. The van der Waals surface area contributed by atoms with Crippen LogP contribution in [0.4, 0.5) is 16.3 Å². The number of aryl methyl sites for hydroxylation is 1. The number of amides is 2. The van der Waals surface area contributed by atoms with Crippen LogP contribution >= 0.6 is 0 Å². The lowest BCUT2D eigenvalue weighted by Gasteiger charge is -2.28. The average molecular weight is 439 g/mol. The largest absolute Gasteiger partial charge is 0.396 e. The van der Waals surface area contributed by atoms with Crippen LogP contribution in [-0.4, -0.2) is 67.0 Å². The second kappa shape index (κ2) is 10.3. The molecule has 2 aliphatic heterocycles. The minimum atomic E-state index is -0.0274. The van der Waals surface area contributed by atoms with Gasteiger partial charge in [0.2, 0.25) is 0 Å². The molecule has 172 valence electrons. The number of nitrogens with zero attached hydrogens (tertiary/aromatic N) is 3. The predicted octanol–water partition coefficient (Wildman–Crippen LogP) is 3.69. The molecule has 0 unspecified atom stereocenters. The molecule has 2 saturated heterocycles. The van der Waals surface area contributed by atoms with Gasteiger partial charge in [0.15, 0.2) is 0 Å². The monoisotopic (exact) mass is 438 g/mol. The maximum Gasteiger partial charge on any atom is 0.321 e. The highest BCUT2D eigenvalue weighted by atomic mass is 16.5. The first-order valence-electron chi connectivity index (χ1n) is 11.7. The second-order valence-corrected chi connectivity index (χ2v) is 8.75. The Bertz CT molecular complexity index is 943. The number of hydrogen-bond donors (Lipinski definition) is 2. The number of urea groups is 1. The summed E-state index contributed by atoms with van der Waals surface area (Å²) in [4.78, 5) is 21.7. The zero-order valence-corrected chi connectivity index (χ0v) is 19.1. The van der Waals surface area contributed by atoms with Gasteiger partial charge in [-0.1, -0.05) is 19.4 Å². The maximum atomic E-state index is 12.8. The summed E-state index contributed by atoms with van der Waals surface area (Å²) < 4.78 is 5.49. The summed E-state index contributed by atoms with van der Waals surface area (Å²) in [7, 11) is 0. The van der Waals surface area contributed by atoms with Crippen LogP contribution in [0.2, 0.25) is 0 Å². The van der Waals surface area contributed by atoms with Gasteiger partial charge in [0.05, 0.1) is 13.2 Å². The van der Waals surface area contributed by atoms with Crippen molar-refractivity contribution in [2.45, 2.75) is 33.1 Å². The van der Waals surface area contributed by atoms with Crippen molar-refractivity contribution < 1.29 is 14.6 Å². The van der Waals surface area contributed by atoms with E-state index in [2.05, 4.69) is 30.1 Å². The summed E-state index contributed by atoms with van der Waals surface area (Å²) in [6, 6.07) is 10.2. The van der Waals surface area contributed by atoms with Gasteiger partial charge in [-0.2, -0.15) is 0 Å². The van der Waals surface area contributed by atoms with Gasteiger partial charge < -0.3 is 25.0 Å². The smallest absolute Gasteiger partial charge is 0.321 e. The van der Waals surface area contributed by atoms with Crippen molar-refractivity contribution in [1.29, 1.82) is 0 Å². The van der Waals surface area contributed by atoms with Gasteiger partial charge in [0.1, 0.15) is 5.82 Å². The predicted molar refractivity (Wildman–Crippen MR) is 127 cm³/mol. The highest BCUT2D eigenvalue weighted by Crippen LogP contribution is 2.31. The summed E-state index contributed by atoms with van der Waals surface area (Å²) in [6.07, 6.45) is 2.70. The van der Waals surface area contributed by atoms with Crippen LogP contribution in [0.15, 0.2) is 30.3 Å². The Labute approximate surface area is 190 Å². The van der Waals surface area contributed by atoms with Crippen LogP contribution in [0.5, 0.6) is 0 Å². The minimum Gasteiger partial charge on any atom is -0.396 e. The van der Waals surface area contributed by atoms with Crippen molar-refractivity contribution in [3.8, 4) is 11.1 Å². The number of aromatic nitrogens is 1. The molecule has 2 amide bonds. The van der Waals surface area contributed by atoms with Crippen LogP contribution in [-0.2, 0) is 11.2 Å². The number of morpholine rings is 1. The summed E-state index contributed by atoms with van der Waals surface area (Å²) in [5.74, 6) is 1.51. The molecule has 0 saturated carbocycles. The molecule has 2 aliphatic rings. The number of aliphatic hydroxyl groups excluding tert-OH is 1. The Morgan fingerprint density at radius 2 is 2.03 bits per heavy atom. The zero-order chi connectivity index (χ0) is 22.5. The number of likely N-dealkylation sites (tertiary alicyclic amines) is 1. The molecular formula is C25H34N4O3. The van der Waals surface area contributed by atoms with Crippen molar-refractivity contribution in [2.24, 2.45) is 5.92 Å². The standard InChI is InChI=1S/C25H34N4O3/c1-3-19-6-8-29(17-19)25(31)27-21-5-4-18(2)23(16-21)20-14-22(7-11-30)26-24(15-20)28-9-12-32-13-10-28/h4-5,14-16,19,30H,3,6-13,17H2,1-2H3,(H,27,31)/t19-/m1/s1. The van der Waals surface area contributed by atoms with Gasteiger partial charge in [0.25, 0.3) is 0 Å². The fourth-order valence-corrected chi connectivity index (χ4v) is 4.49. The highest BCUT2D eigenvalue weighted by molar-refractivity contribution is 5.90. The van der Waals surface area contributed by atoms with E-state index in [0.29, 0.717) is 25.6 Å². The molecule has 0 spiro atoms. The first kappa shape index (κ1) is 22.6. The molecule has 2 N–H and O–H groups in total.